The van der Waals surface area contributed by atoms with Gasteiger partial charge in [0.1, 0.15) is 11.4 Å². The molecule has 1 rings (SSSR count). The van der Waals surface area contributed by atoms with E-state index in [1.807, 2.05) is 6.07 Å². The van der Waals surface area contributed by atoms with Gasteiger partial charge in [-0.1, -0.05) is 20.8 Å². The van der Waals surface area contributed by atoms with Crippen LogP contribution in [-0.4, -0.2) is 20.4 Å². The van der Waals surface area contributed by atoms with E-state index in [1.165, 1.54) is 0 Å². The van der Waals surface area contributed by atoms with Gasteiger partial charge in [0.2, 0.25) is 0 Å². The van der Waals surface area contributed by atoms with Crippen LogP contribution in [-0.2, 0) is 11.0 Å². The molecule has 0 radical (unpaired) electrons. The number of aromatic nitrogens is 1. The molecular formula is C13H22BrNO2Si. The van der Waals surface area contributed by atoms with Gasteiger partial charge in [-0.2, -0.15) is 0 Å². The van der Waals surface area contributed by atoms with Gasteiger partial charge in [0, 0.05) is 10.7 Å². The van der Waals surface area contributed by atoms with E-state index in [4.69, 9.17) is 9.16 Å². The van der Waals surface area contributed by atoms with E-state index >= 15 is 0 Å². The predicted octanol–water partition coefficient (Wildman–Crippen LogP) is 4.37. The standard InChI is InChI=1S/C13H22BrNO2Si/c1-13(2,3)18(5,6)17-9-11-12(16-4)7-10(14)8-15-11/h7-8H,9H2,1-6H3. The zero-order chi connectivity index (χ0) is 14.0. The van der Waals surface area contributed by atoms with Crippen LogP contribution < -0.4 is 4.74 Å². The summed E-state index contributed by atoms with van der Waals surface area (Å²) in [5.41, 5.74) is 0.852. The Hall–Kier alpha value is -0.393. The van der Waals surface area contributed by atoms with Gasteiger partial charge in [0.25, 0.3) is 0 Å². The number of methoxy groups -OCH3 is 1. The van der Waals surface area contributed by atoms with E-state index in [0.717, 1.165) is 15.9 Å². The molecule has 0 spiro atoms. The van der Waals surface area contributed by atoms with E-state index in [9.17, 15) is 0 Å². The third-order valence-electron chi connectivity index (χ3n) is 3.49. The molecule has 0 aliphatic carbocycles. The Morgan fingerprint density at radius 2 is 1.94 bits per heavy atom. The fraction of sp³-hybridized carbons (Fsp3) is 0.615. The number of hydrogen-bond donors (Lipinski definition) is 0. The fourth-order valence-corrected chi connectivity index (χ4v) is 2.44. The Morgan fingerprint density at radius 3 is 2.44 bits per heavy atom. The monoisotopic (exact) mass is 331 g/mol. The number of nitrogens with zero attached hydrogens (tertiary/aromatic N) is 1. The molecule has 0 saturated heterocycles. The summed E-state index contributed by atoms with van der Waals surface area (Å²) >= 11 is 3.38. The van der Waals surface area contributed by atoms with Gasteiger partial charge in [0.05, 0.1) is 13.7 Å². The van der Waals surface area contributed by atoms with Gasteiger partial charge in [0.15, 0.2) is 8.32 Å². The summed E-state index contributed by atoms with van der Waals surface area (Å²) in [6.07, 6.45) is 1.77. The topological polar surface area (TPSA) is 31.4 Å². The lowest BCUT2D eigenvalue weighted by Crippen LogP contribution is -2.40. The Bertz CT molecular complexity index is 416. The Morgan fingerprint density at radius 1 is 1.33 bits per heavy atom. The molecule has 0 unspecified atom stereocenters. The van der Waals surface area contributed by atoms with Gasteiger partial charge >= 0.3 is 0 Å². The third-order valence-corrected chi connectivity index (χ3v) is 8.41. The van der Waals surface area contributed by atoms with Crippen LogP contribution in [0.3, 0.4) is 0 Å². The summed E-state index contributed by atoms with van der Waals surface area (Å²) in [6, 6.07) is 1.91. The van der Waals surface area contributed by atoms with E-state index in [1.54, 1.807) is 13.3 Å². The third kappa shape index (κ3) is 3.80. The smallest absolute Gasteiger partial charge is 0.192 e. The molecule has 0 atom stereocenters. The summed E-state index contributed by atoms with van der Waals surface area (Å²) in [6.45, 7) is 11.7. The highest BCUT2D eigenvalue weighted by Gasteiger charge is 2.37. The lowest BCUT2D eigenvalue weighted by molar-refractivity contribution is 0.264. The van der Waals surface area contributed by atoms with Gasteiger partial charge < -0.3 is 9.16 Å². The van der Waals surface area contributed by atoms with Crippen LogP contribution in [0.25, 0.3) is 0 Å². The average molecular weight is 332 g/mol. The second kappa shape index (κ2) is 5.71. The number of pyridine rings is 1. The maximum Gasteiger partial charge on any atom is 0.192 e. The Labute approximate surface area is 119 Å². The zero-order valence-corrected chi connectivity index (χ0v) is 14.6. The molecule has 0 fully saturated rings. The van der Waals surface area contributed by atoms with Crippen molar-refractivity contribution in [2.24, 2.45) is 0 Å². The number of hydrogen-bond acceptors (Lipinski definition) is 3. The van der Waals surface area contributed by atoms with Crippen LogP contribution >= 0.6 is 15.9 Å². The maximum atomic E-state index is 6.14. The van der Waals surface area contributed by atoms with Crippen molar-refractivity contribution in [3.05, 3.63) is 22.4 Å². The van der Waals surface area contributed by atoms with Gasteiger partial charge in [-0.25, -0.2) is 0 Å². The molecule has 102 valence electrons. The molecule has 5 heteroatoms. The molecule has 0 aliphatic heterocycles. The maximum absolute atomic E-state index is 6.14. The quantitative estimate of drug-likeness (QED) is 0.767. The minimum Gasteiger partial charge on any atom is -0.495 e. The largest absolute Gasteiger partial charge is 0.495 e. The van der Waals surface area contributed by atoms with E-state index in [2.05, 4.69) is 54.8 Å². The average Bonchev–Trinajstić information content (AvgIpc) is 2.25. The van der Waals surface area contributed by atoms with Crippen molar-refractivity contribution in [3.63, 3.8) is 0 Å². The summed E-state index contributed by atoms with van der Waals surface area (Å²) < 4.78 is 12.4. The summed E-state index contributed by atoms with van der Waals surface area (Å²) in [5, 5.41) is 0.204. The summed E-state index contributed by atoms with van der Waals surface area (Å²) in [5.74, 6) is 0.767. The van der Waals surface area contributed by atoms with Crippen molar-refractivity contribution in [2.75, 3.05) is 7.11 Å². The number of rotatable bonds is 4. The second-order valence-electron chi connectivity index (χ2n) is 5.85. The molecule has 1 heterocycles. The predicted molar refractivity (Wildman–Crippen MR) is 80.5 cm³/mol. The number of ether oxygens (including phenoxy) is 1. The lowest BCUT2D eigenvalue weighted by Gasteiger charge is -2.36. The van der Waals surface area contributed by atoms with Crippen molar-refractivity contribution in [1.29, 1.82) is 0 Å². The highest BCUT2D eigenvalue weighted by molar-refractivity contribution is 9.10. The second-order valence-corrected chi connectivity index (χ2v) is 11.6. The molecule has 0 amide bonds. The van der Waals surface area contributed by atoms with Crippen LogP contribution in [0.1, 0.15) is 26.5 Å². The first-order chi connectivity index (χ1) is 8.17. The molecule has 0 bridgehead atoms. The van der Waals surface area contributed by atoms with Crippen molar-refractivity contribution < 1.29 is 9.16 Å². The summed E-state index contributed by atoms with van der Waals surface area (Å²) in [7, 11) is -0.0922. The van der Waals surface area contributed by atoms with E-state index < -0.39 is 8.32 Å². The molecular weight excluding hydrogens is 310 g/mol. The fourth-order valence-electron chi connectivity index (χ4n) is 1.20. The van der Waals surface area contributed by atoms with Gasteiger partial charge in [-0.05, 0) is 40.1 Å². The molecule has 0 saturated carbocycles. The molecule has 1 aromatic rings. The SMILES string of the molecule is COc1cc(Br)cnc1CO[Si](C)(C)C(C)(C)C. The van der Waals surface area contributed by atoms with Gasteiger partial charge in [-0.3, -0.25) is 4.98 Å². The van der Waals surface area contributed by atoms with Crippen molar-refractivity contribution in [3.8, 4) is 5.75 Å². The van der Waals surface area contributed by atoms with Crippen molar-refractivity contribution >= 4 is 24.2 Å². The van der Waals surface area contributed by atoms with Crippen LogP contribution in [0.4, 0.5) is 0 Å². The van der Waals surface area contributed by atoms with Crippen LogP contribution in [0.5, 0.6) is 5.75 Å². The Balaban J connectivity index is 2.81. The van der Waals surface area contributed by atoms with Crippen LogP contribution in [0, 0.1) is 0 Å². The highest BCUT2D eigenvalue weighted by Crippen LogP contribution is 2.37. The molecule has 18 heavy (non-hydrogen) atoms. The molecule has 1 aromatic heterocycles. The normalized spacial score (nSPS) is 12.6. The zero-order valence-electron chi connectivity index (χ0n) is 12.0. The van der Waals surface area contributed by atoms with Crippen molar-refractivity contribution in [2.45, 2.75) is 45.5 Å². The van der Waals surface area contributed by atoms with Crippen LogP contribution in [0.2, 0.25) is 18.1 Å². The highest BCUT2D eigenvalue weighted by atomic mass is 79.9. The Kier molecular flexibility index (Phi) is 4.97. The van der Waals surface area contributed by atoms with E-state index in [-0.39, 0.29) is 5.04 Å². The first-order valence-electron chi connectivity index (χ1n) is 6.00. The minimum atomic E-state index is -1.74. The van der Waals surface area contributed by atoms with E-state index in [0.29, 0.717) is 6.61 Å². The molecule has 0 aliphatic rings. The van der Waals surface area contributed by atoms with Crippen molar-refractivity contribution in [1.82, 2.24) is 4.98 Å². The molecule has 0 aromatic carbocycles. The number of halogens is 1. The minimum absolute atomic E-state index is 0.204. The first-order valence-corrected chi connectivity index (χ1v) is 9.70. The summed E-state index contributed by atoms with van der Waals surface area (Å²) in [4.78, 5) is 4.36. The van der Waals surface area contributed by atoms with Crippen LogP contribution in [0.15, 0.2) is 16.7 Å². The van der Waals surface area contributed by atoms with Gasteiger partial charge in [-0.15, -0.1) is 0 Å². The first kappa shape index (κ1) is 15.7. The molecule has 0 N–H and O–H groups in total. The lowest BCUT2D eigenvalue weighted by atomic mass is 10.2. The molecule has 3 nitrogen and oxygen atoms in total.